The third-order valence-corrected chi connectivity index (χ3v) is 6.76. The van der Waals surface area contributed by atoms with Crippen LogP contribution in [0, 0.1) is 11.8 Å². The van der Waals surface area contributed by atoms with Crippen molar-refractivity contribution >= 4 is 23.8 Å². The number of benzene rings is 2. The molecular formula is C25H24N4O6. The average Bonchev–Trinajstić information content (AvgIpc) is 3.44. The quantitative estimate of drug-likeness (QED) is 0.570. The van der Waals surface area contributed by atoms with Gasteiger partial charge in [-0.15, -0.1) is 0 Å². The lowest BCUT2D eigenvalue weighted by Gasteiger charge is -2.34. The number of ether oxygens (including phenoxy) is 1. The fourth-order valence-corrected chi connectivity index (χ4v) is 4.99. The highest BCUT2D eigenvalue weighted by Gasteiger charge is 2.35. The highest BCUT2D eigenvalue weighted by Crippen LogP contribution is 2.44. The van der Waals surface area contributed by atoms with Crippen LogP contribution in [0.5, 0.6) is 0 Å². The summed E-state index contributed by atoms with van der Waals surface area (Å²) in [5.74, 6) is -2.33. The molecule has 2 N–H and O–H groups in total. The lowest BCUT2D eigenvalue weighted by atomic mass is 9.87. The van der Waals surface area contributed by atoms with Crippen LogP contribution < -0.4 is 5.32 Å². The zero-order valence-electron chi connectivity index (χ0n) is 19.0. The van der Waals surface area contributed by atoms with Crippen molar-refractivity contribution in [1.29, 1.82) is 0 Å². The lowest BCUT2D eigenvalue weighted by molar-refractivity contribution is -0.145. The van der Waals surface area contributed by atoms with E-state index in [1.54, 1.807) is 6.92 Å². The number of fused-ring (bicyclic) bond motifs is 3. The number of nitrogens with zero attached hydrogens (tertiary/aromatic N) is 3. The van der Waals surface area contributed by atoms with Crippen LogP contribution in [0.15, 0.2) is 53.2 Å². The summed E-state index contributed by atoms with van der Waals surface area (Å²) in [6.45, 7) is 2.41. The molecule has 1 aliphatic heterocycles. The van der Waals surface area contributed by atoms with E-state index in [0.717, 1.165) is 22.3 Å². The maximum Gasteiger partial charge on any atom is 0.412 e. The number of hydrogen-bond donors (Lipinski definition) is 2. The first kappa shape index (κ1) is 22.6. The van der Waals surface area contributed by atoms with Crippen LogP contribution in [-0.2, 0) is 9.53 Å². The first-order valence-corrected chi connectivity index (χ1v) is 11.4. The van der Waals surface area contributed by atoms with E-state index in [2.05, 4.69) is 15.6 Å². The van der Waals surface area contributed by atoms with Crippen LogP contribution in [0.1, 0.15) is 40.9 Å². The van der Waals surface area contributed by atoms with Gasteiger partial charge in [0.2, 0.25) is 11.5 Å². The van der Waals surface area contributed by atoms with Gasteiger partial charge in [0.1, 0.15) is 6.61 Å². The van der Waals surface area contributed by atoms with Gasteiger partial charge in [-0.2, -0.15) is 0 Å². The van der Waals surface area contributed by atoms with Gasteiger partial charge in [0.25, 0.3) is 5.91 Å². The molecule has 0 bridgehead atoms. The summed E-state index contributed by atoms with van der Waals surface area (Å²) in [5.41, 5.74) is 4.25. The molecule has 0 radical (unpaired) electrons. The van der Waals surface area contributed by atoms with Crippen molar-refractivity contribution in [2.24, 2.45) is 11.8 Å². The van der Waals surface area contributed by atoms with Crippen LogP contribution in [0.4, 0.5) is 10.6 Å². The third-order valence-electron chi connectivity index (χ3n) is 6.76. The first-order valence-electron chi connectivity index (χ1n) is 11.4. The largest absolute Gasteiger partial charge is 0.481 e. The molecule has 35 heavy (non-hydrogen) atoms. The Balaban J connectivity index is 1.24. The normalized spacial score (nSPS) is 19.1. The van der Waals surface area contributed by atoms with E-state index >= 15 is 0 Å². The molecule has 2 aliphatic rings. The van der Waals surface area contributed by atoms with E-state index in [1.807, 2.05) is 48.5 Å². The number of piperidine rings is 1. The molecule has 10 nitrogen and oxygen atoms in total. The molecule has 10 heteroatoms. The molecule has 0 spiro atoms. The Morgan fingerprint density at radius 1 is 1.09 bits per heavy atom. The number of carbonyl (C=O) groups is 3. The predicted octanol–water partition coefficient (Wildman–Crippen LogP) is 3.61. The van der Waals surface area contributed by atoms with Crippen LogP contribution >= 0.6 is 0 Å². The second kappa shape index (κ2) is 9.21. The number of aromatic nitrogens is 2. The molecule has 2 atom stereocenters. The van der Waals surface area contributed by atoms with Crippen molar-refractivity contribution in [3.05, 3.63) is 65.4 Å². The second-order valence-corrected chi connectivity index (χ2v) is 8.87. The second-order valence-electron chi connectivity index (χ2n) is 8.87. The number of rotatable bonds is 5. The Morgan fingerprint density at radius 2 is 1.74 bits per heavy atom. The smallest absolute Gasteiger partial charge is 0.412 e. The first-order chi connectivity index (χ1) is 16.9. The zero-order valence-corrected chi connectivity index (χ0v) is 19.0. The SMILES string of the molecule is CC1CN(C(=O)c2nonc2NC(=O)OCC2c3ccccc3-c3ccccc32)CCC1C(=O)O. The van der Waals surface area contributed by atoms with E-state index < -0.39 is 23.9 Å². The summed E-state index contributed by atoms with van der Waals surface area (Å²) in [6, 6.07) is 16.0. The van der Waals surface area contributed by atoms with E-state index in [4.69, 9.17) is 9.37 Å². The van der Waals surface area contributed by atoms with Gasteiger partial charge in [-0.25, -0.2) is 9.42 Å². The van der Waals surface area contributed by atoms with Crippen LogP contribution in [0.3, 0.4) is 0 Å². The molecule has 180 valence electrons. The minimum absolute atomic E-state index is 0.106. The number of likely N-dealkylation sites (tertiary alicyclic amines) is 1. The Bertz CT molecular complexity index is 1240. The fourth-order valence-electron chi connectivity index (χ4n) is 4.99. The molecule has 2 heterocycles. The van der Waals surface area contributed by atoms with Gasteiger partial charge >= 0.3 is 12.1 Å². The van der Waals surface area contributed by atoms with Crippen LogP contribution in [0.2, 0.25) is 0 Å². The maximum absolute atomic E-state index is 13.0. The fraction of sp³-hybridized carbons (Fsp3) is 0.320. The van der Waals surface area contributed by atoms with Gasteiger partial charge in [0.05, 0.1) is 5.92 Å². The van der Waals surface area contributed by atoms with E-state index in [1.165, 1.54) is 4.90 Å². The standard InChI is InChI=1S/C25H24N4O6/c1-14-12-29(11-10-15(14)24(31)32)23(30)21-22(28-35-27-21)26-25(33)34-13-20-18-8-4-2-6-16(18)17-7-3-5-9-19(17)20/h2-9,14-15,20H,10-13H2,1H3,(H,31,32)(H,26,28,33). The Morgan fingerprint density at radius 3 is 2.37 bits per heavy atom. The topological polar surface area (TPSA) is 135 Å². The summed E-state index contributed by atoms with van der Waals surface area (Å²) < 4.78 is 10.2. The van der Waals surface area contributed by atoms with Crippen LogP contribution in [-0.4, -0.2) is 58.0 Å². The lowest BCUT2D eigenvalue weighted by Crippen LogP contribution is -2.45. The van der Waals surface area contributed by atoms with Crippen molar-refractivity contribution in [2.45, 2.75) is 19.3 Å². The van der Waals surface area contributed by atoms with Gasteiger partial charge < -0.3 is 14.7 Å². The zero-order chi connectivity index (χ0) is 24.5. The minimum Gasteiger partial charge on any atom is -0.481 e. The highest BCUT2D eigenvalue weighted by atomic mass is 16.6. The molecule has 3 aromatic rings. The third kappa shape index (κ3) is 4.23. The van der Waals surface area contributed by atoms with Gasteiger partial charge in [0, 0.05) is 19.0 Å². The van der Waals surface area contributed by atoms with Crippen molar-refractivity contribution in [2.75, 3.05) is 25.0 Å². The van der Waals surface area contributed by atoms with Gasteiger partial charge in [-0.3, -0.25) is 14.9 Å². The van der Waals surface area contributed by atoms with Crippen molar-refractivity contribution in [3.63, 3.8) is 0 Å². The molecular weight excluding hydrogens is 452 g/mol. The van der Waals surface area contributed by atoms with Crippen molar-refractivity contribution in [1.82, 2.24) is 15.2 Å². The molecule has 5 rings (SSSR count). The monoisotopic (exact) mass is 476 g/mol. The number of carboxylic acid groups (broad SMARTS) is 1. The van der Waals surface area contributed by atoms with E-state index in [0.29, 0.717) is 6.42 Å². The van der Waals surface area contributed by atoms with Crippen molar-refractivity contribution in [3.8, 4) is 11.1 Å². The van der Waals surface area contributed by atoms with Gasteiger partial charge in [-0.05, 0) is 44.9 Å². The molecule has 2 amide bonds. The molecule has 1 saturated heterocycles. The number of hydrogen-bond acceptors (Lipinski definition) is 7. The van der Waals surface area contributed by atoms with E-state index in [9.17, 15) is 19.5 Å². The van der Waals surface area contributed by atoms with E-state index in [-0.39, 0.29) is 43.0 Å². The maximum atomic E-state index is 13.0. The number of aliphatic carboxylic acids is 1. The van der Waals surface area contributed by atoms with Crippen molar-refractivity contribution < 1.29 is 28.9 Å². The number of nitrogens with one attached hydrogen (secondary N) is 1. The molecule has 1 fully saturated rings. The number of anilines is 1. The summed E-state index contributed by atoms with van der Waals surface area (Å²) in [5, 5.41) is 19.0. The Labute approximate surface area is 200 Å². The van der Waals surface area contributed by atoms with Gasteiger partial charge in [-0.1, -0.05) is 55.5 Å². The predicted molar refractivity (Wildman–Crippen MR) is 124 cm³/mol. The summed E-state index contributed by atoms with van der Waals surface area (Å²) in [7, 11) is 0. The molecule has 0 saturated carbocycles. The minimum atomic E-state index is -0.870. The molecule has 2 unspecified atom stereocenters. The summed E-state index contributed by atoms with van der Waals surface area (Å²) >= 11 is 0. The van der Waals surface area contributed by atoms with Gasteiger partial charge in [0.15, 0.2) is 0 Å². The summed E-state index contributed by atoms with van der Waals surface area (Å²) in [6.07, 6.45) is -0.447. The summed E-state index contributed by atoms with van der Waals surface area (Å²) in [4.78, 5) is 38.4. The Kier molecular flexibility index (Phi) is 5.94. The average molecular weight is 476 g/mol. The number of amides is 2. The highest BCUT2D eigenvalue weighted by molar-refractivity contribution is 5.99. The molecule has 1 aliphatic carbocycles. The number of carbonyl (C=O) groups excluding carboxylic acids is 2. The molecule has 2 aromatic carbocycles. The number of carboxylic acids is 1. The molecule has 1 aromatic heterocycles. The Hall–Kier alpha value is -4.21. The van der Waals surface area contributed by atoms with Crippen LogP contribution in [0.25, 0.3) is 11.1 Å².